The Kier molecular flexibility index (Phi) is 6.90. The number of aryl methyl sites for hydroxylation is 1. The van der Waals surface area contributed by atoms with Crippen LogP contribution in [0.4, 0.5) is 14.9 Å². The molecule has 0 spiro atoms. The fraction of sp³-hybridized carbons (Fsp3) is 0.273. The molecule has 1 aromatic heterocycles. The van der Waals surface area contributed by atoms with Crippen molar-refractivity contribution in [1.82, 2.24) is 14.7 Å². The molecule has 0 aliphatic rings. The Balaban J connectivity index is 1.73. The Morgan fingerprint density at radius 3 is 2.47 bits per heavy atom. The molecule has 2 amide bonds. The van der Waals surface area contributed by atoms with E-state index in [2.05, 4.69) is 10.4 Å². The third-order valence-electron chi connectivity index (χ3n) is 4.63. The van der Waals surface area contributed by atoms with Crippen LogP contribution in [0.25, 0.3) is 0 Å². The van der Waals surface area contributed by atoms with Crippen molar-refractivity contribution in [3.8, 4) is 11.5 Å². The molecule has 0 fully saturated rings. The fourth-order valence-corrected chi connectivity index (χ4v) is 3.06. The Morgan fingerprint density at radius 2 is 1.83 bits per heavy atom. The number of methoxy groups -OCH3 is 2. The third kappa shape index (κ3) is 5.50. The minimum Gasteiger partial charge on any atom is -0.493 e. The van der Waals surface area contributed by atoms with Gasteiger partial charge in [-0.3, -0.25) is 4.68 Å². The first kappa shape index (κ1) is 21.2. The quantitative estimate of drug-likeness (QED) is 0.610. The maximum Gasteiger partial charge on any atom is 0.322 e. The maximum atomic E-state index is 13.1. The van der Waals surface area contributed by atoms with Crippen LogP contribution in [0.3, 0.4) is 0 Å². The summed E-state index contributed by atoms with van der Waals surface area (Å²) in [4.78, 5) is 14.6. The van der Waals surface area contributed by atoms with Gasteiger partial charge in [-0.1, -0.05) is 6.07 Å². The number of hydrogen-bond acceptors (Lipinski definition) is 4. The summed E-state index contributed by atoms with van der Waals surface area (Å²) < 4.78 is 25.5. The number of nitrogens with one attached hydrogen (secondary N) is 1. The summed E-state index contributed by atoms with van der Waals surface area (Å²) in [6, 6.07) is 11.1. The van der Waals surface area contributed by atoms with Crippen LogP contribution in [0.5, 0.6) is 11.5 Å². The lowest BCUT2D eigenvalue weighted by Gasteiger charge is -2.23. The molecule has 0 saturated heterocycles. The molecular formula is C22H25FN4O3. The number of rotatable bonds is 8. The number of halogens is 1. The van der Waals surface area contributed by atoms with Crippen molar-refractivity contribution in [3.63, 3.8) is 0 Å². The number of aromatic nitrogens is 2. The van der Waals surface area contributed by atoms with E-state index in [1.165, 1.54) is 24.3 Å². The van der Waals surface area contributed by atoms with E-state index in [-0.39, 0.29) is 11.8 Å². The second-order valence-corrected chi connectivity index (χ2v) is 6.82. The average molecular weight is 412 g/mol. The molecule has 0 aliphatic carbocycles. The molecule has 2 aromatic carbocycles. The van der Waals surface area contributed by atoms with Gasteiger partial charge in [0, 0.05) is 31.0 Å². The molecule has 3 aromatic rings. The Morgan fingerprint density at radius 1 is 1.10 bits per heavy atom. The van der Waals surface area contributed by atoms with Gasteiger partial charge in [-0.25, -0.2) is 9.18 Å². The number of ether oxygens (including phenoxy) is 2. The van der Waals surface area contributed by atoms with Gasteiger partial charge in [0.2, 0.25) is 0 Å². The van der Waals surface area contributed by atoms with Gasteiger partial charge in [-0.05, 0) is 48.4 Å². The van der Waals surface area contributed by atoms with Gasteiger partial charge >= 0.3 is 6.03 Å². The zero-order chi connectivity index (χ0) is 21.5. The topological polar surface area (TPSA) is 68.6 Å². The summed E-state index contributed by atoms with van der Waals surface area (Å²) in [7, 11) is 5.01. The summed E-state index contributed by atoms with van der Waals surface area (Å²) in [5.74, 6) is 0.945. The third-order valence-corrected chi connectivity index (χ3v) is 4.63. The van der Waals surface area contributed by atoms with Gasteiger partial charge < -0.3 is 19.7 Å². The van der Waals surface area contributed by atoms with Crippen LogP contribution in [0.15, 0.2) is 54.9 Å². The van der Waals surface area contributed by atoms with Gasteiger partial charge in [0.25, 0.3) is 0 Å². The van der Waals surface area contributed by atoms with Crippen LogP contribution in [0.2, 0.25) is 0 Å². The van der Waals surface area contributed by atoms with Crippen LogP contribution < -0.4 is 14.8 Å². The number of carbonyl (C=O) groups excluding carboxylic acids is 1. The largest absolute Gasteiger partial charge is 0.493 e. The molecule has 3 rings (SSSR count). The minimum atomic E-state index is -0.353. The zero-order valence-electron chi connectivity index (χ0n) is 17.3. The molecule has 30 heavy (non-hydrogen) atoms. The van der Waals surface area contributed by atoms with Crippen molar-refractivity contribution in [1.29, 1.82) is 0 Å². The highest BCUT2D eigenvalue weighted by atomic mass is 19.1. The van der Waals surface area contributed by atoms with Gasteiger partial charge in [-0.2, -0.15) is 5.10 Å². The number of hydrogen-bond donors (Lipinski definition) is 1. The summed E-state index contributed by atoms with van der Waals surface area (Å²) in [5, 5.41) is 6.99. The van der Waals surface area contributed by atoms with Crippen LogP contribution in [0, 0.1) is 5.82 Å². The first-order chi connectivity index (χ1) is 14.5. The second kappa shape index (κ2) is 9.78. The van der Waals surface area contributed by atoms with Crippen LogP contribution >= 0.6 is 0 Å². The zero-order valence-corrected chi connectivity index (χ0v) is 17.3. The van der Waals surface area contributed by atoms with Gasteiger partial charge in [0.05, 0.1) is 27.0 Å². The van der Waals surface area contributed by atoms with Crippen LogP contribution in [0.1, 0.15) is 11.1 Å². The van der Waals surface area contributed by atoms with E-state index in [0.29, 0.717) is 36.7 Å². The standard InChI is InChI=1S/C22H25FN4O3/c1-26-14-17(13-24-26)15-27(22(28)25-19-7-5-18(23)6-8-19)11-10-16-4-9-20(29-2)21(12-16)30-3/h4-9,12-14H,10-11,15H2,1-3H3,(H,25,28). The first-order valence-electron chi connectivity index (χ1n) is 9.48. The van der Waals surface area contributed by atoms with Gasteiger partial charge in [-0.15, -0.1) is 0 Å². The lowest BCUT2D eigenvalue weighted by atomic mass is 10.1. The Hall–Kier alpha value is -3.55. The molecule has 0 aliphatic heterocycles. The molecule has 1 heterocycles. The number of nitrogens with zero attached hydrogens (tertiary/aromatic N) is 3. The van der Waals surface area contributed by atoms with Crippen molar-refractivity contribution in [2.24, 2.45) is 7.05 Å². The van der Waals surface area contributed by atoms with Crippen LogP contribution in [-0.4, -0.2) is 41.5 Å². The molecule has 0 unspecified atom stereocenters. The predicted molar refractivity (Wildman–Crippen MR) is 112 cm³/mol. The molecule has 8 heteroatoms. The van der Waals surface area contributed by atoms with Crippen molar-refractivity contribution < 1.29 is 18.7 Å². The lowest BCUT2D eigenvalue weighted by molar-refractivity contribution is 0.209. The maximum absolute atomic E-state index is 13.1. The first-order valence-corrected chi connectivity index (χ1v) is 9.48. The Labute approximate surface area is 175 Å². The Bertz CT molecular complexity index is 988. The lowest BCUT2D eigenvalue weighted by Crippen LogP contribution is -2.36. The van der Waals surface area contributed by atoms with Crippen LogP contribution in [-0.2, 0) is 20.0 Å². The minimum absolute atomic E-state index is 0.272. The molecule has 0 atom stereocenters. The molecule has 7 nitrogen and oxygen atoms in total. The van der Waals surface area contributed by atoms with Crippen molar-refractivity contribution in [3.05, 3.63) is 71.8 Å². The number of anilines is 1. The SMILES string of the molecule is COc1ccc(CCN(Cc2cnn(C)c2)C(=O)Nc2ccc(F)cc2)cc1OC. The molecule has 0 bridgehead atoms. The predicted octanol–water partition coefficient (Wildman–Crippen LogP) is 3.85. The highest BCUT2D eigenvalue weighted by molar-refractivity contribution is 5.89. The van der Waals surface area contributed by atoms with Crippen molar-refractivity contribution >= 4 is 11.7 Å². The van der Waals surface area contributed by atoms with E-state index >= 15 is 0 Å². The van der Waals surface area contributed by atoms with E-state index in [1.807, 2.05) is 31.4 Å². The normalized spacial score (nSPS) is 10.5. The molecule has 0 radical (unpaired) electrons. The summed E-state index contributed by atoms with van der Waals surface area (Å²) in [6.45, 7) is 0.867. The van der Waals surface area contributed by atoms with Gasteiger partial charge in [0.15, 0.2) is 11.5 Å². The van der Waals surface area contributed by atoms with E-state index in [9.17, 15) is 9.18 Å². The molecule has 0 saturated carbocycles. The average Bonchev–Trinajstić information content (AvgIpc) is 3.17. The molecular weight excluding hydrogens is 387 g/mol. The summed E-state index contributed by atoms with van der Waals surface area (Å²) in [6.07, 6.45) is 4.22. The van der Waals surface area contributed by atoms with E-state index in [0.717, 1.165) is 11.1 Å². The number of benzene rings is 2. The monoisotopic (exact) mass is 412 g/mol. The van der Waals surface area contributed by atoms with E-state index in [4.69, 9.17) is 9.47 Å². The van der Waals surface area contributed by atoms with Crippen molar-refractivity contribution in [2.75, 3.05) is 26.1 Å². The fourth-order valence-electron chi connectivity index (χ4n) is 3.06. The summed E-state index contributed by atoms with van der Waals surface area (Å²) >= 11 is 0. The number of carbonyl (C=O) groups is 1. The van der Waals surface area contributed by atoms with Gasteiger partial charge in [0.1, 0.15) is 5.82 Å². The highest BCUT2D eigenvalue weighted by Crippen LogP contribution is 2.27. The second-order valence-electron chi connectivity index (χ2n) is 6.82. The molecule has 158 valence electrons. The van der Waals surface area contributed by atoms with E-state index in [1.54, 1.807) is 30.0 Å². The highest BCUT2D eigenvalue weighted by Gasteiger charge is 2.16. The van der Waals surface area contributed by atoms with Crippen molar-refractivity contribution in [2.45, 2.75) is 13.0 Å². The smallest absolute Gasteiger partial charge is 0.322 e. The number of urea groups is 1. The van der Waals surface area contributed by atoms with E-state index < -0.39 is 0 Å². The number of amides is 2. The molecule has 1 N–H and O–H groups in total. The summed E-state index contributed by atoms with van der Waals surface area (Å²) in [5.41, 5.74) is 2.46.